The van der Waals surface area contributed by atoms with Crippen molar-refractivity contribution in [2.24, 2.45) is 4.99 Å². The molecule has 2 aromatic rings. The molecule has 2 aliphatic rings. The molecule has 1 heterocycles. The average Bonchev–Trinajstić information content (AvgIpc) is 3.46. The molecule has 2 aromatic carbocycles. The van der Waals surface area contributed by atoms with Crippen LogP contribution in [0.5, 0.6) is 0 Å². The van der Waals surface area contributed by atoms with Gasteiger partial charge in [-0.2, -0.15) is 18.2 Å². The number of benzene rings is 2. The third-order valence-corrected chi connectivity index (χ3v) is 6.11. The highest BCUT2D eigenvalue weighted by Gasteiger charge is 2.30. The molecule has 4 rings (SSSR count). The van der Waals surface area contributed by atoms with Gasteiger partial charge in [-0.15, -0.1) is 0 Å². The predicted molar refractivity (Wildman–Crippen MR) is 121 cm³/mol. The van der Waals surface area contributed by atoms with Gasteiger partial charge in [0.05, 0.1) is 11.7 Å². The Hall–Kier alpha value is -2.62. The van der Waals surface area contributed by atoms with Crippen LogP contribution in [-0.4, -0.2) is 24.1 Å². The minimum atomic E-state index is -4.45. The average molecular weight is 480 g/mol. The Bertz CT molecular complexity index is 989. The van der Waals surface area contributed by atoms with Crippen molar-refractivity contribution in [3.63, 3.8) is 0 Å². The first-order chi connectivity index (χ1) is 15.8. The quantitative estimate of drug-likeness (QED) is 0.382. The number of alkyl halides is 3. The van der Waals surface area contributed by atoms with Crippen LogP contribution in [-0.2, 0) is 6.18 Å². The highest BCUT2D eigenvalue weighted by molar-refractivity contribution is 6.30. The van der Waals surface area contributed by atoms with Gasteiger partial charge in [0.15, 0.2) is 0 Å². The standard InChI is InChI=1S/C23H25ClF3N5O/c24-17-11-7-14(8-12-17)19-13-20(32-31-19)29-22(28-18-3-1-2-4-18)30-21(33)15-5-9-16(10-6-15)23(25,26)27/h5-12,18-20,31-32H,1-4,13H2,(H2,28,29,30,33). The maximum Gasteiger partial charge on any atom is 0.416 e. The summed E-state index contributed by atoms with van der Waals surface area (Å²) in [5.41, 5.74) is 6.73. The van der Waals surface area contributed by atoms with Crippen molar-refractivity contribution in [3.8, 4) is 0 Å². The fraction of sp³-hybridized carbons (Fsp3) is 0.391. The molecule has 1 aliphatic carbocycles. The Morgan fingerprint density at radius 1 is 0.970 bits per heavy atom. The lowest BCUT2D eigenvalue weighted by Crippen LogP contribution is -2.51. The van der Waals surface area contributed by atoms with E-state index in [1.165, 1.54) is 0 Å². The van der Waals surface area contributed by atoms with E-state index in [0.29, 0.717) is 17.4 Å². The van der Waals surface area contributed by atoms with Gasteiger partial charge in [-0.3, -0.25) is 4.79 Å². The Morgan fingerprint density at radius 2 is 1.64 bits per heavy atom. The van der Waals surface area contributed by atoms with Crippen molar-refractivity contribution in [1.82, 2.24) is 21.5 Å². The van der Waals surface area contributed by atoms with Gasteiger partial charge in [0.1, 0.15) is 0 Å². The molecule has 1 saturated carbocycles. The summed E-state index contributed by atoms with van der Waals surface area (Å²) in [6.07, 6.45) is 0.154. The maximum absolute atomic E-state index is 12.8. The molecule has 0 spiro atoms. The fourth-order valence-corrected chi connectivity index (χ4v) is 4.19. The molecule has 10 heteroatoms. The van der Waals surface area contributed by atoms with Gasteiger partial charge in [0.25, 0.3) is 5.91 Å². The summed E-state index contributed by atoms with van der Waals surface area (Å²) in [5, 5.41) is 7.19. The Kier molecular flexibility index (Phi) is 7.21. The molecule has 2 unspecified atom stereocenters. The highest BCUT2D eigenvalue weighted by atomic mass is 35.5. The summed E-state index contributed by atoms with van der Waals surface area (Å²) >= 11 is 5.97. The number of rotatable bonds is 4. The van der Waals surface area contributed by atoms with Crippen LogP contribution in [0.2, 0.25) is 5.02 Å². The molecule has 4 N–H and O–H groups in total. The van der Waals surface area contributed by atoms with Crippen molar-refractivity contribution in [3.05, 3.63) is 70.2 Å². The van der Waals surface area contributed by atoms with Crippen LogP contribution in [0.1, 0.15) is 59.6 Å². The Morgan fingerprint density at radius 3 is 2.27 bits per heavy atom. The highest BCUT2D eigenvalue weighted by Crippen LogP contribution is 2.29. The number of nitrogens with one attached hydrogen (secondary N) is 4. The fourth-order valence-electron chi connectivity index (χ4n) is 4.07. The second-order valence-electron chi connectivity index (χ2n) is 8.29. The van der Waals surface area contributed by atoms with E-state index < -0.39 is 17.6 Å². The van der Waals surface area contributed by atoms with E-state index in [-0.39, 0.29) is 23.8 Å². The summed E-state index contributed by atoms with van der Waals surface area (Å²) in [6.45, 7) is 0. The number of carbonyl (C=O) groups excluding carboxylic acids is 1. The van der Waals surface area contributed by atoms with Crippen LogP contribution in [0.3, 0.4) is 0 Å². The van der Waals surface area contributed by atoms with Gasteiger partial charge in [0.2, 0.25) is 5.96 Å². The third-order valence-electron chi connectivity index (χ3n) is 5.86. The molecule has 0 radical (unpaired) electrons. The van der Waals surface area contributed by atoms with Gasteiger partial charge in [-0.05, 0) is 54.8 Å². The van der Waals surface area contributed by atoms with Crippen LogP contribution in [0.4, 0.5) is 13.2 Å². The van der Waals surface area contributed by atoms with Crippen molar-refractivity contribution in [2.75, 3.05) is 0 Å². The number of hydrazine groups is 1. The van der Waals surface area contributed by atoms with E-state index in [9.17, 15) is 18.0 Å². The van der Waals surface area contributed by atoms with Crippen molar-refractivity contribution in [2.45, 2.75) is 56.5 Å². The van der Waals surface area contributed by atoms with Gasteiger partial charge < -0.3 is 10.6 Å². The molecule has 1 amide bonds. The summed E-state index contributed by atoms with van der Waals surface area (Å²) in [6, 6.07) is 11.9. The van der Waals surface area contributed by atoms with Crippen LogP contribution in [0.25, 0.3) is 0 Å². The van der Waals surface area contributed by atoms with E-state index in [0.717, 1.165) is 55.5 Å². The number of halogens is 4. The molecule has 0 bridgehead atoms. The van der Waals surface area contributed by atoms with E-state index in [2.05, 4.69) is 26.5 Å². The zero-order chi connectivity index (χ0) is 23.4. The molecule has 176 valence electrons. The molecule has 1 saturated heterocycles. The lowest BCUT2D eigenvalue weighted by Gasteiger charge is -2.20. The summed E-state index contributed by atoms with van der Waals surface area (Å²) in [7, 11) is 0. The number of nitrogens with zero attached hydrogens (tertiary/aromatic N) is 1. The van der Waals surface area contributed by atoms with Gasteiger partial charge in [-0.1, -0.05) is 36.6 Å². The lowest BCUT2D eigenvalue weighted by molar-refractivity contribution is -0.137. The minimum absolute atomic E-state index is 0.0399. The topological polar surface area (TPSA) is 77.5 Å². The Labute approximate surface area is 195 Å². The monoisotopic (exact) mass is 479 g/mol. The number of hydrogen-bond acceptors (Lipinski definition) is 3. The normalized spacial score (nSPS) is 21.9. The van der Waals surface area contributed by atoms with E-state index in [1.54, 1.807) is 0 Å². The number of amides is 1. The first-order valence-electron chi connectivity index (χ1n) is 10.9. The predicted octanol–water partition coefficient (Wildman–Crippen LogP) is 4.54. The van der Waals surface area contributed by atoms with E-state index >= 15 is 0 Å². The van der Waals surface area contributed by atoms with E-state index in [4.69, 9.17) is 11.6 Å². The van der Waals surface area contributed by atoms with Gasteiger partial charge >= 0.3 is 6.18 Å². The summed E-state index contributed by atoms with van der Waals surface area (Å²) in [5.74, 6) is -0.306. The number of aliphatic imine (C=N–C) groups is 1. The van der Waals surface area contributed by atoms with E-state index in [1.807, 2.05) is 24.3 Å². The van der Waals surface area contributed by atoms with Gasteiger partial charge in [0, 0.05) is 29.1 Å². The number of carbonyl (C=O) groups is 1. The molecular weight excluding hydrogens is 455 g/mol. The molecule has 2 atom stereocenters. The SMILES string of the molecule is O=C(/N=C(/NC1CCCC1)NC1CC(c2ccc(Cl)cc2)NN1)c1ccc(C(F)(F)F)cc1. The van der Waals surface area contributed by atoms with Crippen LogP contribution in [0.15, 0.2) is 53.5 Å². The lowest BCUT2D eigenvalue weighted by atomic mass is 10.0. The Balaban J connectivity index is 1.46. The second-order valence-corrected chi connectivity index (χ2v) is 8.73. The molecular formula is C23H25ClF3N5O. The number of hydrogen-bond donors (Lipinski definition) is 4. The molecule has 0 aromatic heterocycles. The first kappa shape index (κ1) is 23.5. The smallest absolute Gasteiger partial charge is 0.353 e. The minimum Gasteiger partial charge on any atom is -0.353 e. The molecule has 6 nitrogen and oxygen atoms in total. The van der Waals surface area contributed by atoms with Crippen LogP contribution < -0.4 is 21.5 Å². The maximum atomic E-state index is 12.8. The van der Waals surface area contributed by atoms with Gasteiger partial charge in [-0.25, -0.2) is 10.9 Å². The first-order valence-corrected chi connectivity index (χ1v) is 11.3. The summed E-state index contributed by atoms with van der Waals surface area (Å²) < 4.78 is 38.4. The zero-order valence-corrected chi connectivity index (χ0v) is 18.5. The largest absolute Gasteiger partial charge is 0.416 e. The summed E-state index contributed by atoms with van der Waals surface area (Å²) in [4.78, 5) is 16.8. The van der Waals surface area contributed by atoms with Crippen LogP contribution >= 0.6 is 11.6 Å². The molecule has 33 heavy (non-hydrogen) atoms. The number of guanidine groups is 1. The van der Waals surface area contributed by atoms with Crippen LogP contribution in [0, 0.1) is 0 Å². The molecule has 2 fully saturated rings. The second kappa shape index (κ2) is 10.1. The van der Waals surface area contributed by atoms with Crippen molar-refractivity contribution >= 4 is 23.5 Å². The van der Waals surface area contributed by atoms with Crippen molar-refractivity contribution < 1.29 is 18.0 Å². The third kappa shape index (κ3) is 6.25. The zero-order valence-electron chi connectivity index (χ0n) is 17.8. The van der Waals surface area contributed by atoms with Crippen molar-refractivity contribution in [1.29, 1.82) is 0 Å². The molecule has 1 aliphatic heterocycles.